The number of carbonyl (C=O) groups excluding carboxylic acids is 1. The number of fused-ring (bicyclic) bond motifs is 1. The number of aromatic nitrogens is 2. The van der Waals surface area contributed by atoms with Crippen molar-refractivity contribution in [2.75, 3.05) is 14.1 Å². The van der Waals surface area contributed by atoms with Crippen molar-refractivity contribution in [1.82, 2.24) is 14.9 Å². The zero-order chi connectivity index (χ0) is 20.4. The molecule has 0 aliphatic rings. The number of nitrogens with two attached hydrogens (primary N) is 1. The van der Waals surface area contributed by atoms with E-state index in [1.165, 1.54) is 0 Å². The van der Waals surface area contributed by atoms with Gasteiger partial charge in [0.1, 0.15) is 16.4 Å². The zero-order valence-corrected chi connectivity index (χ0v) is 16.9. The number of rotatable bonds is 6. The molecule has 0 fully saturated rings. The van der Waals surface area contributed by atoms with Crippen molar-refractivity contribution in [2.45, 2.75) is 6.54 Å². The highest BCUT2D eigenvalue weighted by atomic mass is 32.1. The summed E-state index contributed by atoms with van der Waals surface area (Å²) in [6, 6.07) is 16.8. The largest absolute Gasteiger partial charge is 0.438 e. The van der Waals surface area contributed by atoms with Crippen LogP contribution in [0.25, 0.3) is 21.3 Å². The van der Waals surface area contributed by atoms with Crippen LogP contribution >= 0.6 is 11.3 Å². The summed E-state index contributed by atoms with van der Waals surface area (Å²) in [5.74, 6) is 1.29. The molecule has 2 heterocycles. The Balaban J connectivity index is 1.82. The van der Waals surface area contributed by atoms with Crippen LogP contribution in [-0.2, 0) is 6.54 Å². The van der Waals surface area contributed by atoms with Crippen LogP contribution in [0.3, 0.4) is 0 Å². The molecule has 2 aromatic heterocycles. The molecule has 0 saturated heterocycles. The van der Waals surface area contributed by atoms with Gasteiger partial charge in [-0.2, -0.15) is 4.98 Å². The highest BCUT2D eigenvalue weighted by molar-refractivity contribution is 7.17. The van der Waals surface area contributed by atoms with E-state index in [-0.39, 0.29) is 0 Å². The summed E-state index contributed by atoms with van der Waals surface area (Å²) in [7, 11) is 3.95. The fraction of sp³-hybridized carbons (Fsp3) is 0.136. The topological polar surface area (TPSA) is 81.3 Å². The van der Waals surface area contributed by atoms with Crippen molar-refractivity contribution in [3.05, 3.63) is 71.4 Å². The first-order valence-electron chi connectivity index (χ1n) is 9.07. The van der Waals surface area contributed by atoms with Gasteiger partial charge in [-0.3, -0.25) is 4.79 Å². The molecular formula is C22H20N4O2S. The normalized spacial score (nSPS) is 11.1. The number of hydrogen-bond acceptors (Lipinski definition) is 6. The van der Waals surface area contributed by atoms with Crippen LogP contribution in [0.5, 0.6) is 11.6 Å². The molecule has 0 spiro atoms. The number of benzene rings is 2. The summed E-state index contributed by atoms with van der Waals surface area (Å²) in [4.78, 5) is 23.6. The van der Waals surface area contributed by atoms with Gasteiger partial charge >= 0.3 is 0 Å². The summed E-state index contributed by atoms with van der Waals surface area (Å²) < 4.78 is 6.15. The number of nitrogens with zero attached hydrogens (tertiary/aromatic N) is 3. The summed E-state index contributed by atoms with van der Waals surface area (Å²) in [6.45, 7) is 0.603. The average Bonchev–Trinajstić information content (AvgIpc) is 3.13. The minimum absolute atomic E-state index is 0.430. The van der Waals surface area contributed by atoms with Gasteiger partial charge in [0.15, 0.2) is 0 Å². The second kappa shape index (κ2) is 7.98. The monoisotopic (exact) mass is 404 g/mol. The van der Waals surface area contributed by atoms with Gasteiger partial charge < -0.3 is 15.4 Å². The average molecular weight is 404 g/mol. The maximum absolute atomic E-state index is 11.3. The van der Waals surface area contributed by atoms with Crippen LogP contribution in [0.15, 0.2) is 60.0 Å². The number of ether oxygens (including phenoxy) is 1. The van der Waals surface area contributed by atoms with Crippen LogP contribution in [-0.4, -0.2) is 34.9 Å². The fourth-order valence-corrected chi connectivity index (χ4v) is 3.97. The standard InChI is InChI=1S/C22H20N4O2S/c1-26(2)12-18-24-21(28-16-10-8-15(9-11-16)20(23)27)19-17(13-29-22(19)25-18)14-6-4-3-5-7-14/h3-11,13H,12H2,1-2H3,(H2,23,27). The Bertz CT molecular complexity index is 1150. The van der Waals surface area contributed by atoms with Gasteiger partial charge in [0, 0.05) is 16.5 Å². The Kier molecular flexibility index (Phi) is 5.24. The maximum atomic E-state index is 11.3. The number of carbonyl (C=O) groups is 1. The van der Waals surface area contributed by atoms with Crippen LogP contribution in [0.1, 0.15) is 16.2 Å². The minimum atomic E-state index is -0.474. The number of primary amides is 1. The van der Waals surface area contributed by atoms with Gasteiger partial charge in [-0.25, -0.2) is 4.98 Å². The summed E-state index contributed by atoms with van der Waals surface area (Å²) >= 11 is 1.57. The number of thiophene rings is 1. The van der Waals surface area contributed by atoms with Gasteiger partial charge in [0.05, 0.1) is 11.9 Å². The Labute approximate surface area is 172 Å². The Hall–Kier alpha value is -3.29. The third-order valence-corrected chi connectivity index (χ3v) is 5.21. The van der Waals surface area contributed by atoms with Gasteiger partial charge in [0.25, 0.3) is 0 Å². The molecule has 0 aliphatic heterocycles. The molecule has 0 bridgehead atoms. The Morgan fingerprint density at radius 3 is 2.45 bits per heavy atom. The molecule has 1 amide bonds. The molecule has 6 nitrogen and oxygen atoms in total. The molecule has 0 unspecified atom stereocenters. The van der Waals surface area contributed by atoms with E-state index in [9.17, 15) is 4.79 Å². The highest BCUT2D eigenvalue weighted by Crippen LogP contribution is 2.39. The lowest BCUT2D eigenvalue weighted by atomic mass is 10.1. The van der Waals surface area contributed by atoms with Crippen molar-refractivity contribution < 1.29 is 9.53 Å². The second-order valence-electron chi connectivity index (χ2n) is 6.87. The predicted octanol–water partition coefficient (Wildman–Crippen LogP) is 4.31. The molecule has 2 aromatic carbocycles. The highest BCUT2D eigenvalue weighted by Gasteiger charge is 2.17. The first-order valence-corrected chi connectivity index (χ1v) is 9.95. The van der Waals surface area contributed by atoms with Crippen molar-refractivity contribution in [3.63, 3.8) is 0 Å². The fourth-order valence-electron chi connectivity index (χ4n) is 3.01. The lowest BCUT2D eigenvalue weighted by molar-refractivity contribution is 0.100. The maximum Gasteiger partial charge on any atom is 0.248 e. The van der Waals surface area contributed by atoms with Crippen LogP contribution in [0.2, 0.25) is 0 Å². The van der Waals surface area contributed by atoms with E-state index in [0.29, 0.717) is 29.6 Å². The summed E-state index contributed by atoms with van der Waals surface area (Å²) in [5.41, 5.74) is 7.87. The lowest BCUT2D eigenvalue weighted by Crippen LogP contribution is -2.13. The molecule has 0 radical (unpaired) electrons. The minimum Gasteiger partial charge on any atom is -0.438 e. The molecule has 0 saturated carbocycles. The van der Waals surface area contributed by atoms with Crippen molar-refractivity contribution in [3.8, 4) is 22.8 Å². The van der Waals surface area contributed by atoms with Crippen LogP contribution in [0, 0.1) is 0 Å². The van der Waals surface area contributed by atoms with E-state index in [1.807, 2.05) is 37.2 Å². The first-order chi connectivity index (χ1) is 14.0. The van der Waals surface area contributed by atoms with Gasteiger partial charge in [-0.15, -0.1) is 11.3 Å². The van der Waals surface area contributed by atoms with E-state index in [4.69, 9.17) is 20.4 Å². The van der Waals surface area contributed by atoms with Gasteiger partial charge in [0.2, 0.25) is 11.8 Å². The van der Waals surface area contributed by atoms with E-state index in [1.54, 1.807) is 35.6 Å². The van der Waals surface area contributed by atoms with Gasteiger partial charge in [-0.1, -0.05) is 30.3 Å². The third-order valence-electron chi connectivity index (χ3n) is 4.34. The Morgan fingerprint density at radius 1 is 1.07 bits per heavy atom. The SMILES string of the molecule is CN(C)Cc1nc(Oc2ccc(C(N)=O)cc2)c2c(-c3ccccc3)csc2n1. The van der Waals surface area contributed by atoms with Crippen molar-refractivity contribution in [1.29, 1.82) is 0 Å². The second-order valence-corrected chi connectivity index (χ2v) is 7.73. The molecule has 0 aliphatic carbocycles. The zero-order valence-electron chi connectivity index (χ0n) is 16.1. The summed E-state index contributed by atoms with van der Waals surface area (Å²) in [5, 5.41) is 2.96. The quantitative estimate of drug-likeness (QED) is 0.518. The molecule has 146 valence electrons. The summed E-state index contributed by atoms with van der Waals surface area (Å²) in [6.07, 6.45) is 0. The smallest absolute Gasteiger partial charge is 0.248 e. The molecule has 4 rings (SSSR count). The molecule has 2 N–H and O–H groups in total. The predicted molar refractivity (Wildman–Crippen MR) is 115 cm³/mol. The molecule has 4 aromatic rings. The van der Waals surface area contributed by atoms with Crippen LogP contribution in [0.4, 0.5) is 0 Å². The Morgan fingerprint density at radius 2 is 1.79 bits per heavy atom. The molecule has 29 heavy (non-hydrogen) atoms. The third kappa shape index (κ3) is 4.11. The van der Waals surface area contributed by atoms with E-state index in [2.05, 4.69) is 17.5 Å². The van der Waals surface area contributed by atoms with Gasteiger partial charge in [-0.05, 0) is 43.9 Å². The van der Waals surface area contributed by atoms with E-state index in [0.717, 1.165) is 21.3 Å². The van der Waals surface area contributed by atoms with E-state index >= 15 is 0 Å². The lowest BCUT2D eigenvalue weighted by Gasteiger charge is -2.12. The van der Waals surface area contributed by atoms with Crippen molar-refractivity contribution in [2.24, 2.45) is 5.73 Å². The molecule has 0 atom stereocenters. The number of hydrogen-bond donors (Lipinski definition) is 1. The van der Waals surface area contributed by atoms with E-state index < -0.39 is 5.91 Å². The molecule has 7 heteroatoms. The van der Waals surface area contributed by atoms with Crippen molar-refractivity contribution >= 4 is 27.5 Å². The number of amides is 1. The first kappa shape index (κ1) is 19.0. The molecular weight excluding hydrogens is 384 g/mol. The van der Waals surface area contributed by atoms with Crippen LogP contribution < -0.4 is 10.5 Å².